The summed E-state index contributed by atoms with van der Waals surface area (Å²) < 4.78 is 26.4. The number of para-hydroxylation sites is 5. The highest BCUT2D eigenvalue weighted by Gasteiger charge is 2.26. The van der Waals surface area contributed by atoms with Crippen molar-refractivity contribution in [2.45, 2.75) is 43.7 Å². The van der Waals surface area contributed by atoms with Crippen molar-refractivity contribution in [3.63, 3.8) is 0 Å². The second-order valence-corrected chi connectivity index (χ2v) is 15.7. The fourth-order valence-electron chi connectivity index (χ4n) is 6.93. The Labute approximate surface area is 441 Å². The zero-order valence-corrected chi connectivity index (χ0v) is 42.7. The Morgan fingerprint density at radius 1 is 0.452 bits per heavy atom. The van der Waals surface area contributed by atoms with E-state index >= 15 is 0 Å². The lowest BCUT2D eigenvalue weighted by Crippen LogP contribution is -2.00. The smallest absolute Gasteiger partial charge is 0.283 e. The molecular formula is C51H49BrIN5O15. The van der Waals surface area contributed by atoms with Crippen molar-refractivity contribution in [2.24, 2.45) is 0 Å². The number of rotatable bonds is 9. The van der Waals surface area contributed by atoms with Crippen molar-refractivity contribution < 1.29 is 48.3 Å². The predicted molar refractivity (Wildman–Crippen MR) is 284 cm³/mol. The van der Waals surface area contributed by atoms with Crippen molar-refractivity contribution >= 4 is 67.0 Å². The number of ether oxygens (including phenoxy) is 5. The normalized spacial score (nSPS) is 17.7. The first-order valence-corrected chi connectivity index (χ1v) is 25.0. The average Bonchev–Trinajstić information content (AvgIpc) is 4.28. The van der Waals surface area contributed by atoms with Gasteiger partial charge in [-0.1, -0.05) is 108 Å². The SMILES string of the molecule is C1=COCC1.CI.O=[N+]([O-])c1ccccc1Br.O=[N+]([O-])c1ccccc1[C@@H]1C=CCO1.O=[N+]([O-])c1ccccc1[C@H]1C=CCO1.O=[N+]([O-])c1ccccc1[C@H]1CC=CO1.O=[N+]([O-])c1ccccc1[C@H]1CC=CO1. The second kappa shape index (κ2) is 31.6. The van der Waals surface area contributed by atoms with Crippen molar-refractivity contribution in [1.82, 2.24) is 0 Å². The van der Waals surface area contributed by atoms with E-state index in [9.17, 15) is 50.6 Å². The van der Waals surface area contributed by atoms with Gasteiger partial charge in [0.05, 0.1) is 89.9 Å². The maximum atomic E-state index is 10.7. The van der Waals surface area contributed by atoms with E-state index in [2.05, 4.69) is 38.5 Å². The summed E-state index contributed by atoms with van der Waals surface area (Å²) in [5.41, 5.74) is 3.10. The van der Waals surface area contributed by atoms with Gasteiger partial charge in [-0.05, 0) is 69.4 Å². The first kappa shape index (κ1) is 57.9. The molecule has 0 N–H and O–H groups in total. The molecule has 0 aliphatic carbocycles. The fraction of sp³-hybridized carbons (Fsp3) is 0.216. The monoisotopic (exact) mass is 1180 g/mol. The van der Waals surface area contributed by atoms with E-state index in [1.165, 1.54) is 30.3 Å². The highest BCUT2D eigenvalue weighted by atomic mass is 127. The Kier molecular flexibility index (Phi) is 25.1. The molecule has 0 aromatic heterocycles. The van der Waals surface area contributed by atoms with Gasteiger partial charge in [0, 0.05) is 49.6 Å². The molecule has 0 amide bonds. The minimum atomic E-state index is -0.427. The molecule has 4 atom stereocenters. The molecule has 0 radical (unpaired) electrons. The summed E-state index contributed by atoms with van der Waals surface area (Å²) in [6, 6.07) is 33.1. The van der Waals surface area contributed by atoms with Gasteiger partial charge in [-0.3, -0.25) is 50.6 Å². The van der Waals surface area contributed by atoms with Crippen molar-refractivity contribution in [3.8, 4) is 0 Å². The van der Waals surface area contributed by atoms with E-state index < -0.39 is 4.92 Å². The largest absolute Gasteiger partial charge is 0.501 e. The molecular weight excluding hydrogens is 1130 g/mol. The summed E-state index contributed by atoms with van der Waals surface area (Å²) >= 11 is 5.21. The van der Waals surface area contributed by atoms with E-state index in [1.807, 2.05) is 47.5 Å². The van der Waals surface area contributed by atoms with Crippen molar-refractivity contribution in [2.75, 3.05) is 24.8 Å². The maximum absolute atomic E-state index is 10.7. The molecule has 0 fully saturated rings. The lowest BCUT2D eigenvalue weighted by Gasteiger charge is -2.10. The number of hydrogen-bond donors (Lipinski definition) is 0. The molecule has 10 rings (SSSR count). The Morgan fingerprint density at radius 2 is 0.795 bits per heavy atom. The van der Waals surface area contributed by atoms with Crippen LogP contribution >= 0.6 is 38.5 Å². The van der Waals surface area contributed by atoms with Gasteiger partial charge >= 0.3 is 0 Å². The molecule has 382 valence electrons. The van der Waals surface area contributed by atoms with Gasteiger partial charge in [0.15, 0.2) is 0 Å². The molecule has 5 aromatic rings. The Morgan fingerprint density at radius 3 is 1.05 bits per heavy atom. The first-order valence-electron chi connectivity index (χ1n) is 22.0. The molecule has 73 heavy (non-hydrogen) atoms. The summed E-state index contributed by atoms with van der Waals surface area (Å²) in [7, 11) is 0. The van der Waals surface area contributed by atoms with Crippen LogP contribution in [0.3, 0.4) is 0 Å². The highest BCUT2D eigenvalue weighted by molar-refractivity contribution is 14.1. The molecule has 5 aromatic carbocycles. The van der Waals surface area contributed by atoms with Gasteiger partial charge in [-0.25, -0.2) is 0 Å². The minimum Gasteiger partial charge on any atom is -0.501 e. The Balaban J connectivity index is 0.000000192. The van der Waals surface area contributed by atoms with Gasteiger partial charge in [0.25, 0.3) is 28.4 Å². The number of nitro benzene ring substituents is 5. The number of alkyl halides is 1. The van der Waals surface area contributed by atoms with Crippen LogP contribution in [0.25, 0.3) is 0 Å². The van der Waals surface area contributed by atoms with E-state index in [4.69, 9.17) is 23.7 Å². The zero-order chi connectivity index (χ0) is 53.0. The molecule has 22 heteroatoms. The summed E-state index contributed by atoms with van der Waals surface area (Å²) in [5.74, 6) is 0. The van der Waals surface area contributed by atoms with Crippen LogP contribution in [0.2, 0.25) is 0 Å². The van der Waals surface area contributed by atoms with Gasteiger partial charge in [0.1, 0.15) is 24.4 Å². The zero-order valence-electron chi connectivity index (χ0n) is 39.0. The second-order valence-electron chi connectivity index (χ2n) is 14.8. The standard InChI is InChI=1S/4C10H9NO3.C6H4BrNO2.C4H6O.CH3I/c4*12-11(13)9-5-2-1-4-8(9)10-6-3-7-14-10;7-5-3-1-2-4-6(5)8(9)10;1-2-4-5-3-1;1-2/h2*1-5,7,10H,6H2;2*1-6,10H,7H2;1-4H;1,3H,2,4H2;1H3/t4*10-;;;/m1110.../s1. The third-order valence-electron chi connectivity index (χ3n) is 10.2. The Bertz CT molecular complexity index is 2620. The quantitative estimate of drug-likeness (QED) is 0.0437. The lowest BCUT2D eigenvalue weighted by molar-refractivity contribution is -0.386. The van der Waals surface area contributed by atoms with Crippen LogP contribution in [-0.4, -0.2) is 49.4 Å². The fourth-order valence-corrected chi connectivity index (χ4v) is 7.36. The van der Waals surface area contributed by atoms with Crippen molar-refractivity contribution in [3.05, 3.63) is 260 Å². The number of halogens is 2. The summed E-state index contributed by atoms with van der Waals surface area (Å²) in [5, 5.41) is 53.0. The van der Waals surface area contributed by atoms with E-state index in [-0.39, 0.29) is 72.5 Å². The molecule has 0 spiro atoms. The first-order chi connectivity index (χ1) is 35.4. The number of benzene rings is 5. The van der Waals surface area contributed by atoms with Gasteiger partial charge in [-0.15, -0.1) is 0 Å². The van der Waals surface area contributed by atoms with Gasteiger partial charge < -0.3 is 23.7 Å². The van der Waals surface area contributed by atoms with Crippen LogP contribution in [0, 0.1) is 50.6 Å². The van der Waals surface area contributed by atoms with Crippen LogP contribution in [0.5, 0.6) is 0 Å². The average molecular weight is 1180 g/mol. The molecule has 0 bridgehead atoms. The van der Waals surface area contributed by atoms with Crippen LogP contribution < -0.4 is 0 Å². The van der Waals surface area contributed by atoms with Gasteiger partial charge in [0.2, 0.25) is 0 Å². The topological polar surface area (TPSA) is 262 Å². The Hall–Kier alpha value is -7.67. The molecule has 5 aliphatic rings. The van der Waals surface area contributed by atoms with Crippen LogP contribution in [0.1, 0.15) is 65.9 Å². The summed E-state index contributed by atoms with van der Waals surface area (Å²) in [6.45, 7) is 1.94. The predicted octanol–water partition coefficient (Wildman–Crippen LogP) is 13.9. The van der Waals surface area contributed by atoms with Gasteiger partial charge in [-0.2, -0.15) is 0 Å². The maximum Gasteiger partial charge on any atom is 0.283 e. The third kappa shape index (κ3) is 18.5. The van der Waals surface area contributed by atoms with Crippen LogP contribution in [0.15, 0.2) is 187 Å². The molecule has 5 aliphatic heterocycles. The molecule has 0 saturated carbocycles. The lowest BCUT2D eigenvalue weighted by atomic mass is 10.1. The molecule has 0 saturated heterocycles. The van der Waals surface area contributed by atoms with Crippen LogP contribution in [-0.2, 0) is 23.7 Å². The summed E-state index contributed by atoms with van der Waals surface area (Å²) in [6.07, 6.45) is 19.6. The molecule has 0 unspecified atom stereocenters. The van der Waals surface area contributed by atoms with E-state index in [1.54, 1.807) is 110 Å². The number of nitrogens with zero attached hydrogens (tertiary/aromatic N) is 5. The van der Waals surface area contributed by atoms with Crippen LogP contribution in [0.4, 0.5) is 28.4 Å². The number of hydrogen-bond acceptors (Lipinski definition) is 15. The van der Waals surface area contributed by atoms with E-state index in [0.29, 0.717) is 52.8 Å². The summed E-state index contributed by atoms with van der Waals surface area (Å²) in [4.78, 5) is 53.0. The minimum absolute atomic E-state index is 0.0995. The molecule has 20 nitrogen and oxygen atoms in total. The molecule has 5 heterocycles. The number of nitro groups is 5. The highest BCUT2D eigenvalue weighted by Crippen LogP contribution is 2.35. The van der Waals surface area contributed by atoms with E-state index in [0.717, 1.165) is 13.0 Å². The third-order valence-corrected chi connectivity index (χ3v) is 10.9. The van der Waals surface area contributed by atoms with Crippen molar-refractivity contribution in [1.29, 1.82) is 0 Å².